The van der Waals surface area contributed by atoms with Crippen LogP contribution in [0.3, 0.4) is 0 Å². The van der Waals surface area contributed by atoms with E-state index in [0.29, 0.717) is 17.7 Å². The lowest BCUT2D eigenvalue weighted by molar-refractivity contribution is -0.129. The summed E-state index contributed by atoms with van der Waals surface area (Å²) in [6, 6.07) is 11.5. The average molecular weight is 450 g/mol. The van der Waals surface area contributed by atoms with Crippen LogP contribution in [-0.2, 0) is 15.1 Å². The number of methoxy groups -OCH3 is 1. The zero-order valence-corrected chi connectivity index (χ0v) is 17.8. The predicted octanol–water partition coefficient (Wildman–Crippen LogP) is 4.02. The monoisotopic (exact) mass is 449 g/mol. The van der Waals surface area contributed by atoms with Crippen LogP contribution in [0, 0.1) is 0 Å². The molecule has 2 N–H and O–H groups in total. The molecule has 0 saturated heterocycles. The summed E-state index contributed by atoms with van der Waals surface area (Å²) in [5, 5.41) is -0.0658. The van der Waals surface area contributed by atoms with Crippen LogP contribution in [0.4, 0.5) is 8.78 Å². The van der Waals surface area contributed by atoms with Crippen LogP contribution in [0.5, 0.6) is 5.75 Å². The highest BCUT2D eigenvalue weighted by atomic mass is 35.5. The Hall–Kier alpha value is -2.97. The molecule has 0 fully saturated rings. The lowest BCUT2D eigenvalue weighted by atomic mass is 9.82. The largest absolute Gasteiger partial charge is 0.433 e. The molecule has 164 valence electrons. The van der Waals surface area contributed by atoms with E-state index < -0.39 is 12.2 Å². The maximum Gasteiger partial charge on any atom is 0.387 e. The number of benzene rings is 2. The number of aliphatic imine (C=N–C) groups is 1. The van der Waals surface area contributed by atoms with E-state index in [1.165, 1.54) is 30.1 Å². The van der Waals surface area contributed by atoms with Crippen LogP contribution in [0.1, 0.15) is 23.1 Å². The van der Waals surface area contributed by atoms with Gasteiger partial charge in [0.05, 0.1) is 5.02 Å². The Morgan fingerprint density at radius 1 is 1.26 bits per heavy atom. The molecule has 1 heterocycles. The number of halogens is 3. The number of hydrogen-bond donors (Lipinski definition) is 1. The highest BCUT2D eigenvalue weighted by molar-refractivity contribution is 6.32. The van der Waals surface area contributed by atoms with E-state index in [2.05, 4.69) is 9.73 Å². The van der Waals surface area contributed by atoms with E-state index in [9.17, 15) is 13.6 Å². The third-order valence-electron chi connectivity index (χ3n) is 4.91. The third-order valence-corrected chi connectivity index (χ3v) is 5.20. The van der Waals surface area contributed by atoms with Gasteiger partial charge in [-0.05, 0) is 41.3 Å². The first-order chi connectivity index (χ1) is 14.8. The van der Waals surface area contributed by atoms with Gasteiger partial charge in [0.2, 0.25) is 0 Å². The van der Waals surface area contributed by atoms with Gasteiger partial charge >= 0.3 is 6.61 Å². The molecule has 0 aliphatic carbocycles. The zero-order chi connectivity index (χ0) is 22.6. The highest BCUT2D eigenvalue weighted by Gasteiger charge is 2.49. The number of alkyl halides is 2. The number of carbonyl (C=O) groups excluding carboxylic acids is 1. The van der Waals surface area contributed by atoms with Crippen molar-refractivity contribution in [2.75, 3.05) is 20.8 Å². The lowest BCUT2D eigenvalue weighted by Crippen LogP contribution is -2.41. The van der Waals surface area contributed by atoms with Crippen LogP contribution in [-0.4, -0.2) is 44.1 Å². The fourth-order valence-electron chi connectivity index (χ4n) is 3.37. The maximum atomic E-state index is 13.3. The van der Waals surface area contributed by atoms with E-state index in [-0.39, 0.29) is 22.6 Å². The molecule has 0 aromatic heterocycles. The van der Waals surface area contributed by atoms with Crippen LogP contribution >= 0.6 is 11.6 Å². The van der Waals surface area contributed by atoms with Gasteiger partial charge in [0.1, 0.15) is 5.75 Å². The Bertz CT molecular complexity index is 1030. The second-order valence-corrected chi connectivity index (χ2v) is 7.28. The van der Waals surface area contributed by atoms with Crippen molar-refractivity contribution in [3.05, 3.63) is 70.3 Å². The lowest BCUT2D eigenvalue weighted by Gasteiger charge is -2.27. The van der Waals surface area contributed by atoms with Gasteiger partial charge in [0.25, 0.3) is 5.91 Å². The van der Waals surface area contributed by atoms with Crippen LogP contribution < -0.4 is 10.5 Å². The average Bonchev–Trinajstić information content (AvgIpc) is 2.97. The zero-order valence-electron chi connectivity index (χ0n) is 17.0. The minimum absolute atomic E-state index is 0.0371. The van der Waals surface area contributed by atoms with Crippen LogP contribution in [0.15, 0.2) is 53.5 Å². The van der Waals surface area contributed by atoms with Gasteiger partial charge in [-0.15, -0.1) is 0 Å². The summed E-state index contributed by atoms with van der Waals surface area (Å²) in [6.45, 7) is -2.43. The molecule has 1 aliphatic heterocycles. The number of likely N-dealkylation sites (N-methyl/N-ethyl adjacent to an activating group) is 1. The molecule has 31 heavy (non-hydrogen) atoms. The topological polar surface area (TPSA) is 77.2 Å². The molecular weight excluding hydrogens is 428 g/mol. The summed E-state index contributed by atoms with van der Waals surface area (Å²) >= 11 is 6.17. The number of amides is 1. The first-order valence-electron chi connectivity index (χ1n) is 9.44. The molecule has 0 bridgehead atoms. The smallest absolute Gasteiger partial charge is 0.387 e. The van der Waals surface area contributed by atoms with Gasteiger partial charge in [-0.2, -0.15) is 8.78 Å². The maximum absolute atomic E-state index is 13.3. The molecular formula is C22H22ClF2N3O3. The molecule has 0 spiro atoms. The first kappa shape index (κ1) is 22.7. The number of nitrogens with zero attached hydrogens (tertiary/aromatic N) is 2. The van der Waals surface area contributed by atoms with Gasteiger partial charge in [-0.1, -0.05) is 48.0 Å². The number of nitrogens with two attached hydrogens (primary N) is 1. The molecule has 1 atom stereocenters. The molecule has 2 aromatic carbocycles. The van der Waals surface area contributed by atoms with Gasteiger partial charge < -0.3 is 15.2 Å². The molecule has 9 heteroatoms. The summed E-state index contributed by atoms with van der Waals surface area (Å²) in [5.41, 5.74) is 6.28. The third kappa shape index (κ3) is 4.55. The molecule has 0 saturated carbocycles. The van der Waals surface area contributed by atoms with Gasteiger partial charge in [0, 0.05) is 20.8 Å². The Balaban J connectivity index is 2.10. The van der Waals surface area contributed by atoms with Crippen molar-refractivity contribution in [2.45, 2.75) is 18.6 Å². The highest BCUT2D eigenvalue weighted by Crippen LogP contribution is 2.42. The summed E-state index contributed by atoms with van der Waals surface area (Å²) < 4.78 is 34.7. The molecule has 3 rings (SSSR count). The molecule has 2 aromatic rings. The molecule has 1 aliphatic rings. The summed E-state index contributed by atoms with van der Waals surface area (Å²) in [5.74, 6) is -0.541. The van der Waals surface area contributed by atoms with Gasteiger partial charge in [-0.25, -0.2) is 4.99 Å². The van der Waals surface area contributed by atoms with Crippen molar-refractivity contribution in [1.29, 1.82) is 0 Å². The summed E-state index contributed by atoms with van der Waals surface area (Å²) in [6.07, 6.45) is 4.61. The van der Waals surface area contributed by atoms with Crippen molar-refractivity contribution in [3.63, 3.8) is 0 Å². The molecule has 1 unspecified atom stereocenters. The van der Waals surface area contributed by atoms with Crippen molar-refractivity contribution < 1.29 is 23.0 Å². The predicted molar refractivity (Wildman–Crippen MR) is 115 cm³/mol. The molecule has 1 amide bonds. The first-order valence-corrected chi connectivity index (χ1v) is 9.81. The van der Waals surface area contributed by atoms with Crippen LogP contribution in [0.25, 0.3) is 6.08 Å². The minimum Gasteiger partial charge on any atom is -0.433 e. The van der Waals surface area contributed by atoms with Gasteiger partial charge in [-0.3, -0.25) is 9.69 Å². The summed E-state index contributed by atoms with van der Waals surface area (Å²) in [7, 11) is 3.15. The van der Waals surface area contributed by atoms with E-state index in [4.69, 9.17) is 22.1 Å². The normalized spacial score (nSPS) is 18.8. The van der Waals surface area contributed by atoms with Crippen molar-refractivity contribution in [2.24, 2.45) is 10.7 Å². The fourth-order valence-corrected chi connectivity index (χ4v) is 3.60. The number of guanidine groups is 1. The quantitative estimate of drug-likeness (QED) is 0.617. The second-order valence-electron chi connectivity index (χ2n) is 6.88. The Kier molecular flexibility index (Phi) is 6.92. The van der Waals surface area contributed by atoms with Gasteiger partial charge in [0.15, 0.2) is 11.5 Å². The SMILES string of the molecule is COCC/C=C/c1cccc(C2(c3ccc(OC(F)F)c(Cl)c3)N=C(N)N(C)C2=O)c1. The van der Waals surface area contributed by atoms with Crippen molar-refractivity contribution in [1.82, 2.24) is 4.90 Å². The fraction of sp³-hybridized carbons (Fsp3) is 0.273. The Morgan fingerprint density at radius 2 is 2.00 bits per heavy atom. The van der Waals surface area contributed by atoms with E-state index in [0.717, 1.165) is 12.0 Å². The number of rotatable bonds is 8. The van der Waals surface area contributed by atoms with E-state index >= 15 is 0 Å². The minimum atomic E-state index is -3.02. The Morgan fingerprint density at radius 3 is 2.61 bits per heavy atom. The number of ether oxygens (including phenoxy) is 2. The van der Waals surface area contributed by atoms with Crippen molar-refractivity contribution >= 4 is 29.5 Å². The van der Waals surface area contributed by atoms with E-state index in [1.807, 2.05) is 24.3 Å². The van der Waals surface area contributed by atoms with Crippen LogP contribution in [0.2, 0.25) is 5.02 Å². The van der Waals surface area contributed by atoms with Crippen molar-refractivity contribution in [3.8, 4) is 5.75 Å². The molecule has 0 radical (unpaired) electrons. The van der Waals surface area contributed by atoms with E-state index in [1.54, 1.807) is 19.2 Å². The number of hydrogen-bond acceptors (Lipinski definition) is 5. The molecule has 6 nitrogen and oxygen atoms in total. The standard InChI is InChI=1S/C22H22ClF2N3O3/c1-28-19(29)22(27-21(28)26,16-9-10-18(17(23)13-16)31-20(24)25)15-8-5-7-14(12-15)6-3-4-11-30-2/h3,5-10,12-13,20H,4,11H2,1-2H3,(H2,26,27)/b6-3+. The second kappa shape index (κ2) is 9.45. The number of carbonyl (C=O) groups is 1. The summed E-state index contributed by atoms with van der Waals surface area (Å²) in [4.78, 5) is 19.1. The Labute approximate surface area is 183 Å².